The molecule has 0 spiro atoms. The molecule has 6 nitrogen and oxygen atoms in total. The van der Waals surface area contributed by atoms with Crippen LogP contribution in [0, 0.1) is 16.0 Å². The molecule has 2 aromatic rings. The van der Waals surface area contributed by atoms with Crippen molar-refractivity contribution in [2.75, 3.05) is 31.6 Å². The van der Waals surface area contributed by atoms with Crippen LogP contribution < -0.4 is 10.2 Å². The first kappa shape index (κ1) is 15.7. The van der Waals surface area contributed by atoms with Gasteiger partial charge in [0.05, 0.1) is 16.0 Å². The van der Waals surface area contributed by atoms with E-state index in [9.17, 15) is 10.1 Å². The third kappa shape index (κ3) is 3.27. The summed E-state index contributed by atoms with van der Waals surface area (Å²) in [6.45, 7) is 3.03. The van der Waals surface area contributed by atoms with Gasteiger partial charge in [0.2, 0.25) is 0 Å². The second kappa shape index (κ2) is 6.91. The fourth-order valence-corrected chi connectivity index (χ4v) is 3.37. The van der Waals surface area contributed by atoms with Gasteiger partial charge in [-0.1, -0.05) is 0 Å². The number of hydrogen-bond donors (Lipinski definition) is 1. The van der Waals surface area contributed by atoms with E-state index in [1.165, 1.54) is 6.42 Å². The average Bonchev–Trinajstić information content (AvgIpc) is 2.59. The summed E-state index contributed by atoms with van der Waals surface area (Å²) in [5, 5.41) is 15.0. The minimum atomic E-state index is -0.336. The van der Waals surface area contributed by atoms with Crippen LogP contribution in [0.5, 0.6) is 0 Å². The number of nitrogens with one attached hydrogen (secondary N) is 1. The van der Waals surface area contributed by atoms with Crippen molar-refractivity contribution in [3.05, 3.63) is 40.6 Å². The molecular formula is C17H22N4O2. The first-order valence-electron chi connectivity index (χ1n) is 8.12. The second-order valence-electron chi connectivity index (χ2n) is 6.08. The number of fused-ring (bicyclic) bond motifs is 1. The third-order valence-corrected chi connectivity index (χ3v) is 4.68. The lowest BCUT2D eigenvalue weighted by Gasteiger charge is -2.34. The molecule has 0 bridgehead atoms. The lowest BCUT2D eigenvalue weighted by molar-refractivity contribution is -0.383. The number of hydrogen-bond acceptors (Lipinski definition) is 5. The predicted molar refractivity (Wildman–Crippen MR) is 91.9 cm³/mol. The van der Waals surface area contributed by atoms with Crippen molar-refractivity contribution < 1.29 is 4.92 Å². The Morgan fingerprint density at radius 1 is 1.35 bits per heavy atom. The summed E-state index contributed by atoms with van der Waals surface area (Å²) >= 11 is 0. The van der Waals surface area contributed by atoms with Gasteiger partial charge in [0.1, 0.15) is 5.52 Å². The molecule has 0 amide bonds. The maximum atomic E-state index is 11.2. The molecule has 122 valence electrons. The molecule has 23 heavy (non-hydrogen) atoms. The minimum absolute atomic E-state index is 0.126. The predicted octanol–water partition coefficient (Wildman–Crippen LogP) is 2.97. The highest BCUT2D eigenvalue weighted by molar-refractivity contribution is 5.97. The largest absolute Gasteiger partial charge is 0.370 e. The number of non-ortho nitro benzene ring substituents is 1. The molecule has 1 aliphatic rings. The summed E-state index contributed by atoms with van der Waals surface area (Å²) in [5.41, 5.74) is 1.87. The molecule has 1 aliphatic heterocycles. The fourth-order valence-electron chi connectivity index (χ4n) is 3.37. The molecule has 1 fully saturated rings. The minimum Gasteiger partial charge on any atom is -0.370 e. The normalized spacial score (nSPS) is 16.0. The fraction of sp³-hybridized carbons (Fsp3) is 0.471. The van der Waals surface area contributed by atoms with Crippen molar-refractivity contribution in [1.82, 2.24) is 10.3 Å². The van der Waals surface area contributed by atoms with E-state index < -0.39 is 0 Å². The van der Waals surface area contributed by atoms with Gasteiger partial charge in [-0.15, -0.1) is 0 Å². The Balaban J connectivity index is 1.84. The maximum Gasteiger partial charge on any atom is 0.278 e. The molecule has 0 aliphatic carbocycles. The first-order chi connectivity index (χ1) is 11.2. The molecule has 6 heteroatoms. The van der Waals surface area contributed by atoms with Crippen molar-refractivity contribution in [2.24, 2.45) is 5.92 Å². The van der Waals surface area contributed by atoms with E-state index in [0.717, 1.165) is 49.6 Å². The van der Waals surface area contributed by atoms with E-state index in [-0.39, 0.29) is 10.6 Å². The van der Waals surface area contributed by atoms with Crippen molar-refractivity contribution in [3.63, 3.8) is 0 Å². The lowest BCUT2D eigenvalue weighted by Crippen LogP contribution is -2.34. The molecule has 1 saturated heterocycles. The molecule has 1 aromatic heterocycles. The Bertz CT molecular complexity index is 696. The summed E-state index contributed by atoms with van der Waals surface area (Å²) < 4.78 is 0. The van der Waals surface area contributed by atoms with Gasteiger partial charge >= 0.3 is 0 Å². The van der Waals surface area contributed by atoms with E-state index >= 15 is 0 Å². The third-order valence-electron chi connectivity index (χ3n) is 4.68. The zero-order valence-corrected chi connectivity index (χ0v) is 13.4. The van der Waals surface area contributed by atoms with Gasteiger partial charge in [-0.05, 0) is 57.0 Å². The number of anilines is 1. The number of piperidine rings is 1. The Morgan fingerprint density at radius 3 is 2.83 bits per heavy atom. The van der Waals surface area contributed by atoms with Crippen LogP contribution in [0.3, 0.4) is 0 Å². The van der Waals surface area contributed by atoms with E-state index in [4.69, 9.17) is 0 Å². The number of rotatable bonds is 5. The highest BCUT2D eigenvalue weighted by Gasteiger charge is 2.23. The van der Waals surface area contributed by atoms with Gasteiger partial charge in [-0.3, -0.25) is 15.1 Å². The second-order valence-corrected chi connectivity index (χ2v) is 6.08. The van der Waals surface area contributed by atoms with Gasteiger partial charge < -0.3 is 10.2 Å². The summed E-state index contributed by atoms with van der Waals surface area (Å²) in [7, 11) is 1.99. The number of benzene rings is 1. The Hall–Kier alpha value is -2.21. The number of aromatic nitrogens is 1. The summed E-state index contributed by atoms with van der Waals surface area (Å²) in [6, 6.07) is 6.99. The van der Waals surface area contributed by atoms with Crippen molar-refractivity contribution in [1.29, 1.82) is 0 Å². The van der Waals surface area contributed by atoms with Crippen LogP contribution in [-0.2, 0) is 0 Å². The average molecular weight is 314 g/mol. The van der Waals surface area contributed by atoms with Crippen LogP contribution in [0.25, 0.3) is 10.9 Å². The standard InChI is InChI=1S/C17H22N4O2/c1-18-10-6-13-7-11-20(12-8-13)16-5-4-15(21(22)23)14-3-2-9-19-17(14)16/h2-5,9,13,18H,6-8,10-12H2,1H3. The number of pyridine rings is 1. The lowest BCUT2D eigenvalue weighted by atomic mass is 9.93. The van der Waals surface area contributed by atoms with Crippen LogP contribution >= 0.6 is 0 Å². The number of nitro groups is 1. The molecule has 0 unspecified atom stereocenters. The number of nitrogens with zero attached hydrogens (tertiary/aromatic N) is 3. The topological polar surface area (TPSA) is 71.3 Å². The molecule has 1 aromatic carbocycles. The van der Waals surface area contributed by atoms with E-state index in [2.05, 4.69) is 15.2 Å². The van der Waals surface area contributed by atoms with E-state index in [1.807, 2.05) is 13.1 Å². The van der Waals surface area contributed by atoms with Gasteiger partial charge in [-0.25, -0.2) is 0 Å². The van der Waals surface area contributed by atoms with Crippen LogP contribution in [-0.4, -0.2) is 36.6 Å². The molecule has 0 radical (unpaired) electrons. The summed E-state index contributed by atoms with van der Waals surface area (Å²) in [5.74, 6) is 0.760. The maximum absolute atomic E-state index is 11.2. The molecule has 0 saturated carbocycles. The number of nitro benzene ring substituents is 1. The van der Waals surface area contributed by atoms with Gasteiger partial charge in [-0.2, -0.15) is 0 Å². The highest BCUT2D eigenvalue weighted by Crippen LogP contribution is 2.34. The quantitative estimate of drug-likeness (QED) is 0.678. The van der Waals surface area contributed by atoms with Crippen molar-refractivity contribution in [3.8, 4) is 0 Å². The van der Waals surface area contributed by atoms with Crippen molar-refractivity contribution in [2.45, 2.75) is 19.3 Å². The van der Waals surface area contributed by atoms with Gasteiger partial charge in [0.15, 0.2) is 0 Å². The zero-order chi connectivity index (χ0) is 16.2. The van der Waals surface area contributed by atoms with Crippen molar-refractivity contribution >= 4 is 22.3 Å². The molecule has 1 N–H and O–H groups in total. The highest BCUT2D eigenvalue weighted by atomic mass is 16.6. The molecule has 0 atom stereocenters. The molecule has 3 rings (SSSR count). The zero-order valence-electron chi connectivity index (χ0n) is 13.4. The molecular weight excluding hydrogens is 292 g/mol. The smallest absolute Gasteiger partial charge is 0.278 e. The van der Waals surface area contributed by atoms with Gasteiger partial charge in [0, 0.05) is 25.4 Å². The summed E-state index contributed by atoms with van der Waals surface area (Å²) in [6.07, 6.45) is 5.23. The SMILES string of the molecule is CNCCC1CCN(c2ccc([N+](=O)[O-])c3cccnc23)CC1. The van der Waals surface area contributed by atoms with Gasteiger partial charge in [0.25, 0.3) is 5.69 Å². The van der Waals surface area contributed by atoms with Crippen LogP contribution in [0.1, 0.15) is 19.3 Å². The van der Waals surface area contributed by atoms with Crippen LogP contribution in [0.4, 0.5) is 11.4 Å². The Morgan fingerprint density at radius 2 is 2.13 bits per heavy atom. The monoisotopic (exact) mass is 314 g/mol. The molecule has 2 heterocycles. The Labute approximate surface area is 135 Å². The van der Waals surface area contributed by atoms with Crippen LogP contribution in [0.2, 0.25) is 0 Å². The van der Waals surface area contributed by atoms with E-state index in [0.29, 0.717) is 5.39 Å². The van der Waals surface area contributed by atoms with Crippen LogP contribution in [0.15, 0.2) is 30.5 Å². The Kier molecular flexibility index (Phi) is 4.71. The summed E-state index contributed by atoms with van der Waals surface area (Å²) in [4.78, 5) is 17.6. The first-order valence-corrected chi connectivity index (χ1v) is 8.12. The van der Waals surface area contributed by atoms with E-state index in [1.54, 1.807) is 24.4 Å².